The normalized spacial score (nSPS) is 16.9. The van der Waals surface area contributed by atoms with Gasteiger partial charge in [-0.15, -0.1) is 0 Å². The third kappa shape index (κ3) is 6.40. The number of rotatable bonds is 8. The molecule has 0 aliphatic carbocycles. The van der Waals surface area contributed by atoms with Crippen LogP contribution in [0.25, 0.3) is 0 Å². The zero-order chi connectivity index (χ0) is 26.5. The van der Waals surface area contributed by atoms with E-state index < -0.39 is 40.2 Å². The molecule has 0 spiro atoms. The summed E-state index contributed by atoms with van der Waals surface area (Å²) in [5, 5.41) is 15.5. The van der Waals surface area contributed by atoms with Crippen molar-refractivity contribution in [3.05, 3.63) is 85.5 Å². The molecule has 3 aromatic rings. The number of benzene rings is 2. The van der Waals surface area contributed by atoms with E-state index >= 15 is 0 Å². The number of thioether (sulfide) groups is 1. The lowest BCUT2D eigenvalue weighted by atomic mass is 10.0. The SMILES string of the molecule is CCOc1ccc([C@H](N=C2NC(=O)[C@@H](CC(=O)Nc3cccc(Cl)c3)S2)c2c(O)[nH]c(=O)[nH]c2=O)cc1. The first-order valence-corrected chi connectivity index (χ1v) is 12.4. The number of halogens is 1. The van der Waals surface area contributed by atoms with Gasteiger partial charge in [-0.3, -0.25) is 24.4 Å². The van der Waals surface area contributed by atoms with Crippen molar-refractivity contribution in [2.24, 2.45) is 4.99 Å². The van der Waals surface area contributed by atoms with Crippen LogP contribution < -0.4 is 26.6 Å². The van der Waals surface area contributed by atoms with E-state index in [1.807, 2.05) is 6.92 Å². The van der Waals surface area contributed by atoms with Gasteiger partial charge < -0.3 is 20.5 Å². The van der Waals surface area contributed by atoms with Gasteiger partial charge in [-0.2, -0.15) is 0 Å². The predicted molar refractivity (Wildman–Crippen MR) is 140 cm³/mol. The maximum absolute atomic E-state index is 12.6. The lowest BCUT2D eigenvalue weighted by molar-refractivity contribution is -0.122. The van der Waals surface area contributed by atoms with E-state index in [9.17, 15) is 24.3 Å². The molecular weight excluding hydrogens is 522 g/mol. The van der Waals surface area contributed by atoms with E-state index in [0.29, 0.717) is 28.6 Å². The van der Waals surface area contributed by atoms with Gasteiger partial charge in [-0.25, -0.2) is 9.79 Å². The molecule has 0 bridgehead atoms. The highest BCUT2D eigenvalue weighted by molar-refractivity contribution is 8.15. The van der Waals surface area contributed by atoms with Crippen LogP contribution in [0.3, 0.4) is 0 Å². The highest BCUT2D eigenvalue weighted by atomic mass is 35.5. The summed E-state index contributed by atoms with van der Waals surface area (Å²) in [6.07, 6.45) is -0.139. The highest BCUT2D eigenvalue weighted by Crippen LogP contribution is 2.32. The average molecular weight is 544 g/mol. The van der Waals surface area contributed by atoms with Gasteiger partial charge in [0.25, 0.3) is 5.56 Å². The van der Waals surface area contributed by atoms with Crippen molar-refractivity contribution in [2.75, 3.05) is 11.9 Å². The zero-order valence-corrected chi connectivity index (χ0v) is 21.0. The summed E-state index contributed by atoms with van der Waals surface area (Å²) in [6.45, 7) is 2.30. The number of H-pyrrole nitrogens is 2. The Morgan fingerprint density at radius 3 is 2.62 bits per heavy atom. The molecule has 2 heterocycles. The van der Waals surface area contributed by atoms with Crippen molar-refractivity contribution in [3.63, 3.8) is 0 Å². The fourth-order valence-electron chi connectivity index (χ4n) is 3.62. The monoisotopic (exact) mass is 543 g/mol. The molecule has 0 saturated carbocycles. The smallest absolute Gasteiger partial charge is 0.328 e. The van der Waals surface area contributed by atoms with Crippen LogP contribution in [0.15, 0.2) is 63.1 Å². The van der Waals surface area contributed by atoms with Gasteiger partial charge in [0.05, 0.1) is 6.61 Å². The topological polar surface area (TPSA) is 166 Å². The zero-order valence-electron chi connectivity index (χ0n) is 19.4. The molecular formula is C24H22ClN5O6S. The number of ether oxygens (including phenoxy) is 1. The van der Waals surface area contributed by atoms with Crippen molar-refractivity contribution < 1.29 is 19.4 Å². The van der Waals surface area contributed by atoms with Crippen molar-refractivity contribution in [1.82, 2.24) is 15.3 Å². The second-order valence-corrected chi connectivity index (χ2v) is 9.50. The number of nitrogens with zero attached hydrogens (tertiary/aromatic N) is 1. The number of hydrogen-bond donors (Lipinski definition) is 5. The van der Waals surface area contributed by atoms with Gasteiger partial charge in [0.2, 0.25) is 17.7 Å². The van der Waals surface area contributed by atoms with Crippen LogP contribution in [0.4, 0.5) is 5.69 Å². The first-order valence-electron chi connectivity index (χ1n) is 11.1. The minimum Gasteiger partial charge on any atom is -0.494 e. The number of hydrogen-bond acceptors (Lipinski definition) is 8. The summed E-state index contributed by atoms with van der Waals surface area (Å²) < 4.78 is 5.45. The van der Waals surface area contributed by atoms with E-state index in [0.717, 1.165) is 11.8 Å². The third-order valence-electron chi connectivity index (χ3n) is 5.24. The molecule has 37 heavy (non-hydrogen) atoms. The molecule has 1 fully saturated rings. The number of nitrogens with one attached hydrogen (secondary N) is 4. The molecule has 13 heteroatoms. The highest BCUT2D eigenvalue weighted by Gasteiger charge is 2.34. The van der Waals surface area contributed by atoms with E-state index in [2.05, 4.69) is 25.6 Å². The fraction of sp³-hybridized carbons (Fsp3) is 0.208. The van der Waals surface area contributed by atoms with Crippen LogP contribution in [0, 0.1) is 0 Å². The van der Waals surface area contributed by atoms with Gasteiger partial charge in [0.1, 0.15) is 22.6 Å². The summed E-state index contributed by atoms with van der Waals surface area (Å²) in [7, 11) is 0. The van der Waals surface area contributed by atoms with Gasteiger partial charge in [0, 0.05) is 17.1 Å². The van der Waals surface area contributed by atoms with Gasteiger partial charge in [0.15, 0.2) is 5.17 Å². The number of aromatic amines is 2. The summed E-state index contributed by atoms with van der Waals surface area (Å²) in [5.41, 5.74) is -0.942. The second kappa shape index (κ2) is 11.4. The second-order valence-electron chi connectivity index (χ2n) is 7.87. The number of amides is 2. The third-order valence-corrected chi connectivity index (χ3v) is 6.57. The minimum absolute atomic E-state index is 0.139. The van der Waals surface area contributed by atoms with E-state index in [4.69, 9.17) is 16.3 Å². The molecule has 0 radical (unpaired) electrons. The molecule has 1 aliphatic rings. The molecule has 1 saturated heterocycles. The van der Waals surface area contributed by atoms with Crippen LogP contribution in [-0.4, -0.2) is 43.9 Å². The minimum atomic E-state index is -1.09. The first-order chi connectivity index (χ1) is 17.7. The summed E-state index contributed by atoms with van der Waals surface area (Å²) >= 11 is 6.96. The number of carbonyl (C=O) groups is 2. The Morgan fingerprint density at radius 1 is 1.19 bits per heavy atom. The number of aliphatic imine (C=N–C) groups is 1. The largest absolute Gasteiger partial charge is 0.494 e. The molecule has 2 aromatic carbocycles. The summed E-state index contributed by atoms with van der Waals surface area (Å²) in [5.74, 6) is -0.890. The molecule has 2 atom stereocenters. The van der Waals surface area contributed by atoms with Crippen molar-refractivity contribution >= 4 is 46.0 Å². The molecule has 1 aromatic heterocycles. The molecule has 1 aliphatic heterocycles. The molecule has 4 rings (SSSR count). The lowest BCUT2D eigenvalue weighted by Gasteiger charge is -2.15. The molecule has 5 N–H and O–H groups in total. The Bertz CT molecular complexity index is 1470. The quantitative estimate of drug-likeness (QED) is 0.291. The Labute approximate surface area is 219 Å². The van der Waals surface area contributed by atoms with Crippen LogP contribution in [0.2, 0.25) is 5.02 Å². The van der Waals surface area contributed by atoms with Crippen LogP contribution in [0.5, 0.6) is 11.6 Å². The Hall–Kier alpha value is -4.03. The Balaban J connectivity index is 1.59. The van der Waals surface area contributed by atoms with Crippen LogP contribution >= 0.6 is 23.4 Å². The lowest BCUT2D eigenvalue weighted by Crippen LogP contribution is -2.29. The number of aromatic hydroxyl groups is 1. The van der Waals surface area contributed by atoms with Crippen molar-refractivity contribution in [3.8, 4) is 11.6 Å². The standard InChI is InChI=1S/C24H22ClN5O6S/c1-2-36-15-8-6-12(7-9-15)19(18-21(33)28-23(35)29-22(18)34)27-24-30-20(32)16(37-24)11-17(31)26-14-5-3-4-13(25)10-14/h3-10,16,19H,2,11H2,1H3,(H,26,31)(H,27,30,32)(H3,28,29,33,34,35)/t16-,19+/m1/s1. The van der Waals surface area contributed by atoms with Crippen molar-refractivity contribution in [1.29, 1.82) is 0 Å². The van der Waals surface area contributed by atoms with Gasteiger partial charge in [-0.1, -0.05) is 41.6 Å². The maximum Gasteiger partial charge on any atom is 0.328 e. The molecule has 0 unspecified atom stereocenters. The van der Waals surface area contributed by atoms with E-state index in [1.54, 1.807) is 48.5 Å². The fourth-order valence-corrected chi connectivity index (χ4v) is 4.81. The Kier molecular flexibility index (Phi) is 7.99. The number of aromatic nitrogens is 2. The van der Waals surface area contributed by atoms with Gasteiger partial charge >= 0.3 is 5.69 Å². The average Bonchev–Trinajstić information content (AvgIpc) is 3.17. The van der Waals surface area contributed by atoms with Crippen LogP contribution in [-0.2, 0) is 9.59 Å². The molecule has 11 nitrogen and oxygen atoms in total. The summed E-state index contributed by atoms with van der Waals surface area (Å²) in [6, 6.07) is 12.2. The van der Waals surface area contributed by atoms with Gasteiger partial charge in [-0.05, 0) is 42.8 Å². The Morgan fingerprint density at radius 2 is 1.95 bits per heavy atom. The van der Waals surface area contributed by atoms with Crippen molar-refractivity contribution in [2.45, 2.75) is 24.6 Å². The number of carbonyl (C=O) groups excluding carboxylic acids is 2. The maximum atomic E-state index is 12.6. The van der Waals surface area contributed by atoms with E-state index in [1.165, 1.54) is 0 Å². The van der Waals surface area contributed by atoms with E-state index in [-0.39, 0.29) is 17.2 Å². The summed E-state index contributed by atoms with van der Waals surface area (Å²) in [4.78, 5) is 58.0. The number of anilines is 1. The number of amidine groups is 1. The first kappa shape index (κ1) is 26.0. The molecule has 2 amide bonds. The molecule has 192 valence electrons. The van der Waals surface area contributed by atoms with Crippen LogP contribution in [0.1, 0.15) is 30.5 Å². The predicted octanol–water partition coefficient (Wildman–Crippen LogP) is 2.53.